The molecule has 1 aliphatic rings. The van der Waals surface area contributed by atoms with Crippen LogP contribution in [0.3, 0.4) is 0 Å². The molecule has 0 radical (unpaired) electrons. The van der Waals surface area contributed by atoms with Crippen LogP contribution < -0.4 is 4.74 Å². The molecule has 1 unspecified atom stereocenters. The molecular formula is C12H14O4. The van der Waals surface area contributed by atoms with Crippen LogP contribution in [0.2, 0.25) is 0 Å². The Morgan fingerprint density at radius 2 is 2.31 bits per heavy atom. The molecule has 16 heavy (non-hydrogen) atoms. The minimum atomic E-state index is -0.848. The molecule has 1 heterocycles. The van der Waals surface area contributed by atoms with Crippen molar-refractivity contribution in [2.75, 3.05) is 13.2 Å². The first kappa shape index (κ1) is 11.0. The molecule has 0 aliphatic carbocycles. The average Bonchev–Trinajstić information content (AvgIpc) is 2.73. The average molecular weight is 222 g/mol. The summed E-state index contributed by atoms with van der Waals surface area (Å²) in [6, 6.07) is 7.24. The van der Waals surface area contributed by atoms with Gasteiger partial charge in [0.15, 0.2) is 0 Å². The fourth-order valence-corrected chi connectivity index (χ4v) is 1.71. The summed E-state index contributed by atoms with van der Waals surface area (Å²) >= 11 is 0. The minimum Gasteiger partial charge on any atom is -0.488 e. The number of aliphatic carboxylic acids is 1. The van der Waals surface area contributed by atoms with Crippen molar-refractivity contribution in [2.45, 2.75) is 18.9 Å². The van der Waals surface area contributed by atoms with E-state index < -0.39 is 5.97 Å². The Balaban J connectivity index is 2.09. The summed E-state index contributed by atoms with van der Waals surface area (Å²) in [5, 5.41) is 8.77. The van der Waals surface area contributed by atoms with E-state index in [-0.39, 0.29) is 12.5 Å². The van der Waals surface area contributed by atoms with Crippen molar-refractivity contribution in [3.63, 3.8) is 0 Å². The topological polar surface area (TPSA) is 55.8 Å². The molecule has 0 spiro atoms. The van der Waals surface area contributed by atoms with E-state index in [0.717, 1.165) is 6.42 Å². The van der Waals surface area contributed by atoms with E-state index in [2.05, 4.69) is 0 Å². The number of hydrogen-bond acceptors (Lipinski definition) is 3. The zero-order chi connectivity index (χ0) is 11.4. The fourth-order valence-electron chi connectivity index (χ4n) is 1.71. The Hall–Kier alpha value is -1.55. The van der Waals surface area contributed by atoms with Crippen LogP contribution in [0.1, 0.15) is 12.0 Å². The highest BCUT2D eigenvalue weighted by Gasteiger charge is 2.18. The van der Waals surface area contributed by atoms with Crippen molar-refractivity contribution in [2.24, 2.45) is 0 Å². The molecule has 1 aromatic carbocycles. The number of carboxylic acids is 1. The second-order valence-corrected chi connectivity index (χ2v) is 3.78. The molecule has 1 aliphatic heterocycles. The lowest BCUT2D eigenvalue weighted by atomic mass is 10.1. The van der Waals surface area contributed by atoms with E-state index in [9.17, 15) is 4.79 Å². The number of hydrogen-bond donors (Lipinski definition) is 1. The molecule has 86 valence electrons. The van der Waals surface area contributed by atoms with Gasteiger partial charge in [-0.05, 0) is 6.07 Å². The van der Waals surface area contributed by atoms with E-state index in [0.29, 0.717) is 24.5 Å². The van der Waals surface area contributed by atoms with Crippen LogP contribution in [0, 0.1) is 0 Å². The van der Waals surface area contributed by atoms with Crippen LogP contribution in [0.25, 0.3) is 0 Å². The lowest BCUT2D eigenvalue weighted by molar-refractivity contribution is -0.136. The van der Waals surface area contributed by atoms with Gasteiger partial charge in [-0.15, -0.1) is 0 Å². The summed E-state index contributed by atoms with van der Waals surface area (Å²) in [5.74, 6) is -0.195. The van der Waals surface area contributed by atoms with Crippen LogP contribution in [-0.2, 0) is 16.0 Å². The van der Waals surface area contributed by atoms with Gasteiger partial charge in [0, 0.05) is 12.0 Å². The first-order valence-corrected chi connectivity index (χ1v) is 5.30. The number of carbonyl (C=O) groups is 1. The van der Waals surface area contributed by atoms with Crippen LogP contribution in [0.5, 0.6) is 5.75 Å². The molecule has 2 rings (SSSR count). The predicted molar refractivity (Wildman–Crippen MR) is 57.6 cm³/mol. The third kappa shape index (κ3) is 2.73. The van der Waals surface area contributed by atoms with Crippen molar-refractivity contribution < 1.29 is 19.4 Å². The highest BCUT2D eigenvalue weighted by atomic mass is 16.5. The van der Waals surface area contributed by atoms with E-state index in [4.69, 9.17) is 14.6 Å². The largest absolute Gasteiger partial charge is 0.488 e. The molecule has 1 fully saturated rings. The smallest absolute Gasteiger partial charge is 0.307 e. The highest BCUT2D eigenvalue weighted by Crippen LogP contribution is 2.22. The number of benzene rings is 1. The van der Waals surface area contributed by atoms with Crippen molar-refractivity contribution in [1.29, 1.82) is 0 Å². The summed E-state index contributed by atoms with van der Waals surface area (Å²) in [6.45, 7) is 1.30. The monoisotopic (exact) mass is 222 g/mol. The van der Waals surface area contributed by atoms with Gasteiger partial charge in [-0.1, -0.05) is 18.2 Å². The molecule has 0 saturated carbocycles. The summed E-state index contributed by atoms with van der Waals surface area (Å²) in [7, 11) is 0. The summed E-state index contributed by atoms with van der Waals surface area (Å²) < 4.78 is 10.9. The Kier molecular flexibility index (Phi) is 3.41. The minimum absolute atomic E-state index is 0.0102. The van der Waals surface area contributed by atoms with Crippen molar-refractivity contribution >= 4 is 5.97 Å². The standard InChI is InChI=1S/C12H14O4/c13-12(14)7-9-3-1-2-4-11(9)16-10-5-6-15-8-10/h1-4,10H,5-8H2,(H,13,14). The van der Waals surface area contributed by atoms with Crippen LogP contribution in [-0.4, -0.2) is 30.4 Å². The molecule has 0 aromatic heterocycles. The molecular weight excluding hydrogens is 208 g/mol. The maximum absolute atomic E-state index is 10.7. The zero-order valence-electron chi connectivity index (χ0n) is 8.89. The molecule has 4 nitrogen and oxygen atoms in total. The maximum Gasteiger partial charge on any atom is 0.307 e. The first-order valence-electron chi connectivity index (χ1n) is 5.30. The van der Waals surface area contributed by atoms with Gasteiger partial charge in [-0.3, -0.25) is 4.79 Å². The number of rotatable bonds is 4. The summed E-state index contributed by atoms with van der Waals surface area (Å²) in [4.78, 5) is 10.7. The van der Waals surface area contributed by atoms with Crippen LogP contribution >= 0.6 is 0 Å². The lowest BCUT2D eigenvalue weighted by Crippen LogP contribution is -2.17. The molecule has 1 atom stereocenters. The lowest BCUT2D eigenvalue weighted by Gasteiger charge is -2.14. The summed E-state index contributed by atoms with van der Waals surface area (Å²) in [5.41, 5.74) is 0.710. The van der Waals surface area contributed by atoms with Crippen LogP contribution in [0.4, 0.5) is 0 Å². The van der Waals surface area contributed by atoms with Gasteiger partial charge in [0.25, 0.3) is 0 Å². The first-order chi connectivity index (χ1) is 7.75. The third-order valence-corrected chi connectivity index (χ3v) is 2.50. The number of ether oxygens (including phenoxy) is 2. The quantitative estimate of drug-likeness (QED) is 0.838. The fraction of sp³-hybridized carbons (Fsp3) is 0.417. The van der Waals surface area contributed by atoms with Gasteiger partial charge in [-0.2, -0.15) is 0 Å². The molecule has 0 bridgehead atoms. The van der Waals surface area contributed by atoms with Gasteiger partial charge in [0.05, 0.1) is 19.6 Å². The number of para-hydroxylation sites is 1. The predicted octanol–water partition coefficient (Wildman–Crippen LogP) is 1.48. The van der Waals surface area contributed by atoms with E-state index in [1.807, 2.05) is 12.1 Å². The van der Waals surface area contributed by atoms with E-state index in [1.54, 1.807) is 12.1 Å². The Morgan fingerprint density at radius 3 is 3.00 bits per heavy atom. The second kappa shape index (κ2) is 4.99. The van der Waals surface area contributed by atoms with Gasteiger partial charge in [-0.25, -0.2) is 0 Å². The van der Waals surface area contributed by atoms with Crippen molar-refractivity contribution in [1.82, 2.24) is 0 Å². The highest BCUT2D eigenvalue weighted by molar-refractivity contribution is 5.71. The molecule has 1 aromatic rings. The Morgan fingerprint density at radius 1 is 1.50 bits per heavy atom. The zero-order valence-corrected chi connectivity index (χ0v) is 8.89. The normalized spacial score (nSPS) is 19.6. The third-order valence-electron chi connectivity index (χ3n) is 2.50. The molecule has 1 N–H and O–H groups in total. The SMILES string of the molecule is O=C(O)Cc1ccccc1OC1CCOC1. The summed E-state index contributed by atoms with van der Waals surface area (Å²) in [6.07, 6.45) is 0.903. The van der Waals surface area contributed by atoms with Gasteiger partial charge >= 0.3 is 5.97 Å². The number of carboxylic acid groups (broad SMARTS) is 1. The maximum atomic E-state index is 10.7. The van der Waals surface area contributed by atoms with Crippen molar-refractivity contribution in [3.05, 3.63) is 29.8 Å². The Labute approximate surface area is 93.8 Å². The molecule has 1 saturated heterocycles. The van der Waals surface area contributed by atoms with E-state index in [1.165, 1.54) is 0 Å². The van der Waals surface area contributed by atoms with Crippen LogP contribution in [0.15, 0.2) is 24.3 Å². The van der Waals surface area contributed by atoms with Crippen molar-refractivity contribution in [3.8, 4) is 5.75 Å². The van der Waals surface area contributed by atoms with E-state index >= 15 is 0 Å². The van der Waals surface area contributed by atoms with Gasteiger partial charge < -0.3 is 14.6 Å². The Bertz CT molecular complexity index is 369. The molecule has 0 amide bonds. The van der Waals surface area contributed by atoms with Gasteiger partial charge in [0.1, 0.15) is 11.9 Å². The molecule has 4 heteroatoms. The second-order valence-electron chi connectivity index (χ2n) is 3.78. The van der Waals surface area contributed by atoms with Gasteiger partial charge in [0.2, 0.25) is 0 Å².